The Morgan fingerprint density at radius 2 is 2.13 bits per heavy atom. The molecule has 1 atom stereocenters. The fourth-order valence-corrected chi connectivity index (χ4v) is 5.80. The summed E-state index contributed by atoms with van der Waals surface area (Å²) in [4.78, 5) is 14.6. The van der Waals surface area contributed by atoms with Crippen LogP contribution in [-0.2, 0) is 24.1 Å². The van der Waals surface area contributed by atoms with Crippen LogP contribution in [0, 0.1) is 11.7 Å². The fraction of sp³-hybridized carbons (Fsp3) is 0.455. The van der Waals surface area contributed by atoms with Crippen LogP contribution in [-0.4, -0.2) is 41.2 Å². The number of halogens is 2. The minimum atomic E-state index is -0.426. The molecule has 3 heterocycles. The van der Waals surface area contributed by atoms with E-state index in [2.05, 4.69) is 17.1 Å². The van der Waals surface area contributed by atoms with Crippen LogP contribution in [0.4, 0.5) is 15.9 Å². The van der Waals surface area contributed by atoms with Crippen molar-refractivity contribution in [3.8, 4) is 0 Å². The first-order valence-corrected chi connectivity index (χ1v) is 11.6. The van der Waals surface area contributed by atoms with Gasteiger partial charge in [-0.2, -0.15) is 0 Å². The second-order valence-electron chi connectivity index (χ2n) is 8.16. The van der Waals surface area contributed by atoms with Gasteiger partial charge in [-0.3, -0.25) is 4.90 Å². The van der Waals surface area contributed by atoms with Crippen LogP contribution >= 0.6 is 22.9 Å². The lowest BCUT2D eigenvalue weighted by atomic mass is 9.89. The lowest BCUT2D eigenvalue weighted by Gasteiger charge is -2.26. The molecule has 1 aliphatic heterocycles. The summed E-state index contributed by atoms with van der Waals surface area (Å²) in [5, 5.41) is 4.60. The number of nitrogens with zero attached hydrogens (tertiary/aromatic N) is 3. The van der Waals surface area contributed by atoms with Gasteiger partial charge in [-0.15, -0.1) is 11.3 Å². The van der Waals surface area contributed by atoms with Crippen molar-refractivity contribution in [3.63, 3.8) is 0 Å². The van der Waals surface area contributed by atoms with E-state index in [4.69, 9.17) is 26.3 Å². The summed E-state index contributed by atoms with van der Waals surface area (Å²) >= 11 is 7.79. The van der Waals surface area contributed by atoms with E-state index < -0.39 is 5.82 Å². The smallest absolute Gasteiger partial charge is 0.146 e. The SMILES string of the molecule is C[C@@H]1CCc2c(sc3nc(CN4CCOCC4)nc(Nc4ccc(F)c(Cl)c4)c23)C1. The van der Waals surface area contributed by atoms with Crippen molar-refractivity contribution in [2.75, 3.05) is 31.6 Å². The lowest BCUT2D eigenvalue weighted by Crippen LogP contribution is -2.36. The van der Waals surface area contributed by atoms with Gasteiger partial charge in [0.05, 0.1) is 30.2 Å². The maximum absolute atomic E-state index is 13.6. The number of nitrogens with one attached hydrogen (secondary N) is 1. The largest absolute Gasteiger partial charge is 0.379 e. The quantitative estimate of drug-likeness (QED) is 0.598. The summed E-state index contributed by atoms with van der Waals surface area (Å²) in [5.74, 6) is 1.85. The van der Waals surface area contributed by atoms with Crippen LogP contribution in [0.3, 0.4) is 0 Å². The number of morpholine rings is 1. The fourth-order valence-electron chi connectivity index (χ4n) is 4.22. The molecule has 158 valence electrons. The van der Waals surface area contributed by atoms with Gasteiger partial charge in [-0.1, -0.05) is 18.5 Å². The first-order valence-electron chi connectivity index (χ1n) is 10.4. The molecule has 8 heteroatoms. The van der Waals surface area contributed by atoms with Crippen molar-refractivity contribution < 1.29 is 9.13 Å². The van der Waals surface area contributed by atoms with E-state index in [-0.39, 0.29) is 5.02 Å². The number of hydrogen-bond acceptors (Lipinski definition) is 6. The Balaban J connectivity index is 1.56. The highest BCUT2D eigenvalue weighted by Crippen LogP contribution is 2.41. The van der Waals surface area contributed by atoms with Gasteiger partial charge in [0.1, 0.15) is 22.3 Å². The summed E-state index contributed by atoms with van der Waals surface area (Å²) in [6, 6.07) is 4.67. The zero-order chi connectivity index (χ0) is 20.7. The van der Waals surface area contributed by atoms with E-state index in [1.165, 1.54) is 22.9 Å². The van der Waals surface area contributed by atoms with Crippen molar-refractivity contribution in [1.82, 2.24) is 14.9 Å². The van der Waals surface area contributed by atoms with E-state index in [1.807, 2.05) is 0 Å². The average molecular weight is 447 g/mol. The van der Waals surface area contributed by atoms with Gasteiger partial charge >= 0.3 is 0 Å². The van der Waals surface area contributed by atoms with E-state index in [0.717, 1.165) is 66.7 Å². The molecule has 1 aliphatic carbocycles. The molecule has 2 aromatic heterocycles. The standard InChI is InChI=1S/C22H24ClFN4OS/c1-13-2-4-15-18(10-13)30-22-20(15)21(25-14-3-5-17(24)16(23)11-14)26-19(27-22)12-28-6-8-29-9-7-28/h3,5,11,13H,2,4,6-10,12H2,1H3,(H,25,26,27)/t13-/m1/s1. The monoisotopic (exact) mass is 446 g/mol. The highest BCUT2D eigenvalue weighted by atomic mass is 35.5. The van der Waals surface area contributed by atoms with Gasteiger partial charge in [-0.05, 0) is 48.9 Å². The minimum absolute atomic E-state index is 0.0972. The molecule has 1 N–H and O–H groups in total. The second-order valence-corrected chi connectivity index (χ2v) is 9.65. The zero-order valence-electron chi connectivity index (χ0n) is 16.9. The number of benzene rings is 1. The van der Waals surface area contributed by atoms with Gasteiger partial charge in [-0.25, -0.2) is 14.4 Å². The minimum Gasteiger partial charge on any atom is -0.379 e. The van der Waals surface area contributed by atoms with Crippen LogP contribution in [0.2, 0.25) is 5.02 Å². The van der Waals surface area contributed by atoms with Crippen molar-refractivity contribution in [2.45, 2.75) is 32.7 Å². The van der Waals surface area contributed by atoms with Crippen LogP contribution in [0.15, 0.2) is 18.2 Å². The first-order chi connectivity index (χ1) is 14.6. The maximum Gasteiger partial charge on any atom is 0.146 e. The van der Waals surface area contributed by atoms with E-state index in [0.29, 0.717) is 12.5 Å². The second kappa shape index (κ2) is 8.38. The number of fused-ring (bicyclic) bond motifs is 3. The predicted molar refractivity (Wildman–Crippen MR) is 119 cm³/mol. The van der Waals surface area contributed by atoms with E-state index >= 15 is 0 Å². The molecule has 1 fully saturated rings. The lowest BCUT2D eigenvalue weighted by molar-refractivity contribution is 0.0331. The van der Waals surface area contributed by atoms with Gasteiger partial charge in [0.25, 0.3) is 0 Å². The van der Waals surface area contributed by atoms with E-state index in [9.17, 15) is 4.39 Å². The molecular weight excluding hydrogens is 423 g/mol. The molecule has 0 spiro atoms. The number of anilines is 2. The Bertz CT molecular complexity index is 1080. The molecule has 0 amide bonds. The van der Waals surface area contributed by atoms with Crippen molar-refractivity contribution >= 4 is 44.7 Å². The summed E-state index contributed by atoms with van der Waals surface area (Å²) < 4.78 is 19.1. The summed E-state index contributed by atoms with van der Waals surface area (Å²) in [6.07, 6.45) is 3.31. The van der Waals surface area contributed by atoms with E-state index in [1.54, 1.807) is 23.5 Å². The van der Waals surface area contributed by atoms with Crippen molar-refractivity contribution in [1.29, 1.82) is 0 Å². The first kappa shape index (κ1) is 20.1. The Hall–Kier alpha value is -1.80. The Morgan fingerprint density at radius 1 is 1.30 bits per heavy atom. The summed E-state index contributed by atoms with van der Waals surface area (Å²) in [7, 11) is 0. The van der Waals surface area contributed by atoms with Crippen LogP contribution in [0.5, 0.6) is 0 Å². The number of hydrogen-bond donors (Lipinski definition) is 1. The van der Waals surface area contributed by atoms with Gasteiger partial charge < -0.3 is 10.1 Å². The summed E-state index contributed by atoms with van der Waals surface area (Å²) in [6.45, 7) is 6.26. The molecule has 0 bridgehead atoms. The average Bonchev–Trinajstić information content (AvgIpc) is 3.09. The molecule has 1 aromatic carbocycles. The molecule has 3 aromatic rings. The zero-order valence-corrected chi connectivity index (χ0v) is 18.5. The number of thiophene rings is 1. The maximum atomic E-state index is 13.6. The molecule has 2 aliphatic rings. The van der Waals surface area contributed by atoms with Gasteiger partial charge in [0, 0.05) is 23.7 Å². The molecule has 1 saturated heterocycles. The predicted octanol–water partition coefficient (Wildman–Crippen LogP) is 5.18. The van der Waals surface area contributed by atoms with Gasteiger partial charge in [0.2, 0.25) is 0 Å². The molecule has 0 unspecified atom stereocenters. The van der Waals surface area contributed by atoms with Crippen LogP contribution < -0.4 is 5.32 Å². The number of aromatic nitrogens is 2. The normalized spacial score (nSPS) is 19.8. The van der Waals surface area contributed by atoms with Crippen LogP contribution in [0.25, 0.3) is 10.2 Å². The third kappa shape index (κ3) is 4.04. The topological polar surface area (TPSA) is 50.3 Å². The number of ether oxygens (including phenoxy) is 1. The van der Waals surface area contributed by atoms with Crippen molar-refractivity contribution in [3.05, 3.63) is 45.3 Å². The molecule has 0 radical (unpaired) electrons. The Morgan fingerprint density at radius 3 is 2.93 bits per heavy atom. The highest BCUT2D eigenvalue weighted by molar-refractivity contribution is 7.19. The van der Waals surface area contributed by atoms with Gasteiger partial charge in [0.15, 0.2) is 0 Å². The highest BCUT2D eigenvalue weighted by Gasteiger charge is 2.25. The third-order valence-corrected chi connectivity index (χ3v) is 7.29. The molecule has 5 rings (SSSR count). The molecule has 5 nitrogen and oxygen atoms in total. The number of rotatable bonds is 4. The van der Waals surface area contributed by atoms with Crippen molar-refractivity contribution in [2.24, 2.45) is 5.92 Å². The molecular formula is C22H24ClFN4OS. The molecule has 0 saturated carbocycles. The summed E-state index contributed by atoms with van der Waals surface area (Å²) in [5.41, 5.74) is 2.09. The third-order valence-electron chi connectivity index (χ3n) is 5.85. The number of aryl methyl sites for hydroxylation is 1. The van der Waals surface area contributed by atoms with Crippen LogP contribution in [0.1, 0.15) is 29.6 Å². The Kier molecular flexibility index (Phi) is 5.62. The Labute approximate surface area is 184 Å². The molecule has 30 heavy (non-hydrogen) atoms.